The molecule has 4 heteroatoms. The lowest BCUT2D eigenvalue weighted by Gasteiger charge is -2.35. The minimum Gasteiger partial charge on any atom is -0.359 e. The van der Waals surface area contributed by atoms with Crippen molar-refractivity contribution in [3.8, 4) is 0 Å². The van der Waals surface area contributed by atoms with E-state index in [9.17, 15) is 4.79 Å². The second-order valence-corrected chi connectivity index (χ2v) is 6.51. The molecule has 2 rings (SSSR count). The lowest BCUT2D eigenvalue weighted by Crippen LogP contribution is -2.45. The van der Waals surface area contributed by atoms with Crippen LogP contribution in [0.5, 0.6) is 0 Å². The maximum Gasteiger partial charge on any atom is 0.171 e. The predicted molar refractivity (Wildman–Crippen MR) is 91.8 cm³/mol. The fraction of sp³-hybridized carbons (Fsp3) is 0.529. The topological polar surface area (TPSA) is 41.1 Å². The first-order valence-corrected chi connectivity index (χ1v) is 8.06. The van der Waals surface area contributed by atoms with Gasteiger partial charge < -0.3 is 10.6 Å². The third kappa shape index (κ3) is 4.27. The number of hydrogen-bond acceptors (Lipinski definition) is 2. The maximum absolute atomic E-state index is 11.2. The van der Waals surface area contributed by atoms with E-state index in [0.29, 0.717) is 22.6 Å². The number of ketones is 1. The van der Waals surface area contributed by atoms with Crippen LogP contribution in [-0.2, 0) is 0 Å². The Morgan fingerprint density at radius 2 is 1.86 bits per heavy atom. The standard InChI is InChI=1S/C17H24N2OS/c1-11-5-4-6-16(12(11)2)19-17(21)18-15-9-7-14(8-10-15)13(3)20/h7-12,16H,4-6H2,1-3H3,(H2,18,19,21)/t11-,12-,16+/m1/s1. The van der Waals surface area contributed by atoms with Crippen LogP contribution in [0, 0.1) is 11.8 Å². The molecule has 1 aromatic carbocycles. The number of rotatable bonds is 3. The summed E-state index contributed by atoms with van der Waals surface area (Å²) < 4.78 is 0. The van der Waals surface area contributed by atoms with Gasteiger partial charge in [0.1, 0.15) is 0 Å². The average molecular weight is 304 g/mol. The zero-order chi connectivity index (χ0) is 15.4. The van der Waals surface area contributed by atoms with E-state index < -0.39 is 0 Å². The van der Waals surface area contributed by atoms with Gasteiger partial charge in [0.25, 0.3) is 0 Å². The number of anilines is 1. The van der Waals surface area contributed by atoms with Crippen LogP contribution in [0.3, 0.4) is 0 Å². The molecule has 114 valence electrons. The number of thiocarbonyl (C=S) groups is 1. The van der Waals surface area contributed by atoms with Gasteiger partial charge in [-0.25, -0.2) is 0 Å². The summed E-state index contributed by atoms with van der Waals surface area (Å²) >= 11 is 5.40. The smallest absolute Gasteiger partial charge is 0.171 e. The number of nitrogens with one attached hydrogen (secondary N) is 2. The fourth-order valence-electron chi connectivity index (χ4n) is 2.91. The van der Waals surface area contributed by atoms with E-state index in [-0.39, 0.29) is 5.78 Å². The quantitative estimate of drug-likeness (QED) is 0.654. The second-order valence-electron chi connectivity index (χ2n) is 6.11. The molecule has 0 heterocycles. The van der Waals surface area contributed by atoms with Gasteiger partial charge in [-0.15, -0.1) is 0 Å². The van der Waals surface area contributed by atoms with Crippen LogP contribution in [0.1, 0.15) is 50.4 Å². The lowest BCUT2D eigenvalue weighted by atomic mass is 9.78. The summed E-state index contributed by atoms with van der Waals surface area (Å²) in [6.45, 7) is 6.18. The van der Waals surface area contributed by atoms with Crippen molar-refractivity contribution in [3.63, 3.8) is 0 Å². The highest BCUT2D eigenvalue weighted by molar-refractivity contribution is 7.80. The molecule has 1 fully saturated rings. The highest BCUT2D eigenvalue weighted by Gasteiger charge is 2.27. The van der Waals surface area contributed by atoms with Crippen molar-refractivity contribution >= 4 is 28.8 Å². The molecular weight excluding hydrogens is 280 g/mol. The van der Waals surface area contributed by atoms with Gasteiger partial charge in [-0.2, -0.15) is 0 Å². The number of benzene rings is 1. The SMILES string of the molecule is CC(=O)c1ccc(NC(=S)N[C@H]2CCC[C@@H](C)[C@H]2C)cc1. The highest BCUT2D eigenvalue weighted by Crippen LogP contribution is 2.29. The highest BCUT2D eigenvalue weighted by atomic mass is 32.1. The molecule has 1 saturated carbocycles. The molecule has 0 radical (unpaired) electrons. The number of carbonyl (C=O) groups is 1. The van der Waals surface area contributed by atoms with Gasteiger partial charge in [-0.05, 0) is 61.7 Å². The normalized spacial score (nSPS) is 25.2. The van der Waals surface area contributed by atoms with E-state index in [0.717, 1.165) is 11.6 Å². The van der Waals surface area contributed by atoms with Crippen LogP contribution in [0.25, 0.3) is 0 Å². The van der Waals surface area contributed by atoms with Gasteiger partial charge in [0, 0.05) is 17.3 Å². The third-order valence-corrected chi connectivity index (χ3v) is 4.79. The molecule has 0 aliphatic heterocycles. The first-order valence-electron chi connectivity index (χ1n) is 7.66. The van der Waals surface area contributed by atoms with Crippen LogP contribution >= 0.6 is 12.2 Å². The zero-order valence-corrected chi connectivity index (χ0v) is 13.8. The van der Waals surface area contributed by atoms with E-state index in [4.69, 9.17) is 12.2 Å². The predicted octanol–water partition coefficient (Wildman–Crippen LogP) is 4.00. The van der Waals surface area contributed by atoms with Crippen molar-refractivity contribution in [2.24, 2.45) is 11.8 Å². The summed E-state index contributed by atoms with van der Waals surface area (Å²) in [5, 5.41) is 7.30. The van der Waals surface area contributed by atoms with Gasteiger partial charge in [0.05, 0.1) is 0 Å². The van der Waals surface area contributed by atoms with Crippen molar-refractivity contribution in [3.05, 3.63) is 29.8 Å². The molecule has 21 heavy (non-hydrogen) atoms. The zero-order valence-electron chi connectivity index (χ0n) is 13.0. The molecule has 0 aromatic heterocycles. The summed E-state index contributed by atoms with van der Waals surface area (Å²) in [5.74, 6) is 1.46. The molecular formula is C17H24N2OS. The van der Waals surface area contributed by atoms with Crippen molar-refractivity contribution in [2.75, 3.05) is 5.32 Å². The maximum atomic E-state index is 11.2. The van der Waals surface area contributed by atoms with E-state index >= 15 is 0 Å². The van der Waals surface area contributed by atoms with E-state index in [1.54, 1.807) is 6.92 Å². The van der Waals surface area contributed by atoms with Crippen LogP contribution in [0.2, 0.25) is 0 Å². The first kappa shape index (κ1) is 16.0. The Labute approximate surface area is 132 Å². The summed E-state index contributed by atoms with van der Waals surface area (Å²) in [6.07, 6.45) is 3.75. The van der Waals surface area contributed by atoms with Gasteiger partial charge in [-0.3, -0.25) is 4.79 Å². The monoisotopic (exact) mass is 304 g/mol. The number of hydrogen-bond donors (Lipinski definition) is 2. The van der Waals surface area contributed by atoms with Gasteiger partial charge in [0.15, 0.2) is 10.9 Å². The fourth-order valence-corrected chi connectivity index (χ4v) is 3.18. The molecule has 0 unspecified atom stereocenters. The summed E-state index contributed by atoms with van der Waals surface area (Å²) in [6, 6.07) is 7.86. The lowest BCUT2D eigenvalue weighted by molar-refractivity contribution is 0.101. The summed E-state index contributed by atoms with van der Waals surface area (Å²) in [7, 11) is 0. The molecule has 0 saturated heterocycles. The van der Waals surface area contributed by atoms with E-state index in [2.05, 4.69) is 24.5 Å². The number of carbonyl (C=O) groups excluding carboxylic acids is 1. The molecule has 1 aromatic rings. The first-order chi connectivity index (χ1) is 9.97. The Balaban J connectivity index is 1.90. The van der Waals surface area contributed by atoms with Crippen molar-refractivity contribution in [1.82, 2.24) is 5.32 Å². The molecule has 2 N–H and O–H groups in total. The summed E-state index contributed by atoms with van der Waals surface area (Å²) in [4.78, 5) is 11.2. The van der Waals surface area contributed by atoms with Crippen molar-refractivity contribution < 1.29 is 4.79 Å². The molecule has 0 amide bonds. The van der Waals surface area contributed by atoms with E-state index in [1.165, 1.54) is 19.3 Å². The summed E-state index contributed by atoms with van der Waals surface area (Å²) in [5.41, 5.74) is 1.63. The van der Waals surface area contributed by atoms with Crippen molar-refractivity contribution in [2.45, 2.75) is 46.1 Å². The van der Waals surface area contributed by atoms with Crippen LogP contribution < -0.4 is 10.6 Å². The molecule has 1 aliphatic rings. The van der Waals surface area contributed by atoms with Crippen LogP contribution in [0.15, 0.2) is 24.3 Å². The molecule has 3 atom stereocenters. The Morgan fingerprint density at radius 3 is 2.48 bits per heavy atom. The molecule has 1 aliphatic carbocycles. The molecule has 3 nitrogen and oxygen atoms in total. The minimum absolute atomic E-state index is 0.0762. The Morgan fingerprint density at radius 1 is 1.19 bits per heavy atom. The third-order valence-electron chi connectivity index (χ3n) is 4.57. The van der Waals surface area contributed by atoms with Crippen LogP contribution in [0.4, 0.5) is 5.69 Å². The Bertz CT molecular complexity index is 512. The second kappa shape index (κ2) is 7.03. The van der Waals surface area contributed by atoms with E-state index in [1.807, 2.05) is 24.3 Å². The average Bonchev–Trinajstić information content (AvgIpc) is 2.44. The largest absolute Gasteiger partial charge is 0.359 e. The van der Waals surface area contributed by atoms with Gasteiger partial charge in [0.2, 0.25) is 0 Å². The Hall–Kier alpha value is -1.42. The van der Waals surface area contributed by atoms with Gasteiger partial charge in [-0.1, -0.05) is 26.7 Å². The molecule has 0 bridgehead atoms. The molecule has 0 spiro atoms. The van der Waals surface area contributed by atoms with Gasteiger partial charge >= 0.3 is 0 Å². The Kier molecular flexibility index (Phi) is 5.34. The van der Waals surface area contributed by atoms with Crippen LogP contribution in [-0.4, -0.2) is 16.9 Å². The number of Topliss-reactive ketones (excluding diaryl/α,β-unsaturated/α-hetero) is 1. The minimum atomic E-state index is 0.0762. The van der Waals surface area contributed by atoms with Crippen molar-refractivity contribution in [1.29, 1.82) is 0 Å².